The molecule has 2 aromatic carbocycles. The summed E-state index contributed by atoms with van der Waals surface area (Å²) in [5.74, 6) is 0. The molecule has 2 heterocycles. The zero-order valence-electron chi connectivity index (χ0n) is 19.6. The molecule has 0 atom stereocenters. The number of carbonyl (C=O) groups excluding carboxylic acids is 1. The second kappa shape index (κ2) is 8.99. The first kappa shape index (κ1) is 22.4. The van der Waals surface area contributed by atoms with E-state index in [2.05, 4.69) is 72.7 Å². The molecule has 1 fully saturated rings. The number of nitrogens with zero attached hydrogens (tertiary/aromatic N) is 2. The smallest absolute Gasteiger partial charge is 0.410 e. The molecular formula is C27H32N2O2S. The van der Waals surface area contributed by atoms with E-state index in [1.807, 2.05) is 25.7 Å². The van der Waals surface area contributed by atoms with Crippen LogP contribution in [0.1, 0.15) is 31.9 Å². The largest absolute Gasteiger partial charge is 0.444 e. The average molecular weight is 449 g/mol. The van der Waals surface area contributed by atoms with Crippen molar-refractivity contribution < 1.29 is 9.53 Å². The SMILES string of the molecule is Cc1ccc(-c2ccsc2-c2ccccc2N2CCN(C(=O)OC(C)(C)C)CC2)c(C)c1. The number of piperazine rings is 1. The molecule has 0 unspecified atom stereocenters. The van der Waals surface area contributed by atoms with Crippen molar-refractivity contribution in [3.8, 4) is 21.6 Å². The Labute approximate surface area is 195 Å². The summed E-state index contributed by atoms with van der Waals surface area (Å²) in [6, 6.07) is 17.5. The van der Waals surface area contributed by atoms with Gasteiger partial charge in [0.05, 0.1) is 0 Å². The van der Waals surface area contributed by atoms with Crippen LogP contribution in [0.2, 0.25) is 0 Å². The molecule has 4 rings (SSSR count). The predicted octanol–water partition coefficient (Wildman–Crippen LogP) is 6.76. The Morgan fingerprint density at radius 2 is 1.62 bits per heavy atom. The number of ether oxygens (including phenoxy) is 1. The highest BCUT2D eigenvalue weighted by molar-refractivity contribution is 7.14. The number of para-hydroxylation sites is 1. The van der Waals surface area contributed by atoms with Crippen molar-refractivity contribution in [1.82, 2.24) is 4.90 Å². The highest BCUT2D eigenvalue weighted by Gasteiger charge is 2.27. The van der Waals surface area contributed by atoms with Crippen molar-refractivity contribution in [2.24, 2.45) is 0 Å². The maximum Gasteiger partial charge on any atom is 0.410 e. The first-order chi connectivity index (χ1) is 15.2. The van der Waals surface area contributed by atoms with Crippen LogP contribution in [0, 0.1) is 13.8 Å². The van der Waals surface area contributed by atoms with Crippen molar-refractivity contribution in [3.63, 3.8) is 0 Å². The number of amides is 1. The van der Waals surface area contributed by atoms with E-state index in [1.54, 1.807) is 11.3 Å². The Hall–Kier alpha value is -2.79. The van der Waals surface area contributed by atoms with Gasteiger partial charge in [-0.3, -0.25) is 0 Å². The molecule has 1 aromatic heterocycles. The third-order valence-corrected chi connectivity index (χ3v) is 6.71. The normalized spacial score (nSPS) is 14.5. The Morgan fingerprint density at radius 3 is 2.31 bits per heavy atom. The maximum absolute atomic E-state index is 12.5. The molecule has 0 saturated carbocycles. The number of anilines is 1. The van der Waals surface area contributed by atoms with Crippen molar-refractivity contribution >= 4 is 23.1 Å². The molecule has 4 nitrogen and oxygen atoms in total. The standard InChI is InChI=1S/C27H32N2O2S/c1-19-10-11-21(20(2)18-19)22-12-17-32-25(22)23-8-6-7-9-24(23)28-13-15-29(16-14-28)26(30)31-27(3,4)5/h6-12,17-18H,13-16H2,1-5H3. The zero-order valence-corrected chi connectivity index (χ0v) is 20.5. The zero-order chi connectivity index (χ0) is 22.9. The molecule has 168 valence electrons. The number of thiophene rings is 1. The van der Waals surface area contributed by atoms with E-state index in [9.17, 15) is 4.79 Å². The van der Waals surface area contributed by atoms with Crippen molar-refractivity contribution in [3.05, 3.63) is 65.0 Å². The lowest BCUT2D eigenvalue weighted by Gasteiger charge is -2.37. The number of hydrogen-bond donors (Lipinski definition) is 0. The van der Waals surface area contributed by atoms with E-state index in [0.717, 1.165) is 13.1 Å². The molecule has 32 heavy (non-hydrogen) atoms. The fourth-order valence-electron chi connectivity index (χ4n) is 4.24. The minimum atomic E-state index is -0.468. The van der Waals surface area contributed by atoms with Gasteiger partial charge in [-0.15, -0.1) is 11.3 Å². The van der Waals surface area contributed by atoms with Gasteiger partial charge < -0.3 is 14.5 Å². The van der Waals surface area contributed by atoms with Gasteiger partial charge in [-0.2, -0.15) is 0 Å². The maximum atomic E-state index is 12.5. The lowest BCUT2D eigenvalue weighted by Crippen LogP contribution is -2.50. The Bertz CT molecular complexity index is 1100. The molecule has 0 spiro atoms. The molecule has 1 aliphatic heterocycles. The van der Waals surface area contributed by atoms with Crippen LogP contribution in [0.25, 0.3) is 21.6 Å². The van der Waals surface area contributed by atoms with Gasteiger partial charge in [0, 0.05) is 47.9 Å². The molecular weight excluding hydrogens is 416 g/mol. The second-order valence-corrected chi connectivity index (χ2v) is 10.4. The lowest BCUT2D eigenvalue weighted by molar-refractivity contribution is 0.0240. The molecule has 0 radical (unpaired) electrons. The first-order valence-electron chi connectivity index (χ1n) is 11.2. The van der Waals surface area contributed by atoms with Gasteiger partial charge >= 0.3 is 6.09 Å². The lowest BCUT2D eigenvalue weighted by atomic mass is 9.96. The van der Waals surface area contributed by atoms with Crippen LogP contribution >= 0.6 is 11.3 Å². The van der Waals surface area contributed by atoms with E-state index in [0.29, 0.717) is 13.1 Å². The number of aryl methyl sites for hydroxylation is 2. The van der Waals surface area contributed by atoms with Crippen LogP contribution in [0.15, 0.2) is 53.9 Å². The van der Waals surface area contributed by atoms with Gasteiger partial charge in [-0.05, 0) is 63.3 Å². The van der Waals surface area contributed by atoms with E-state index < -0.39 is 5.60 Å². The summed E-state index contributed by atoms with van der Waals surface area (Å²) in [7, 11) is 0. The monoisotopic (exact) mass is 448 g/mol. The Balaban J connectivity index is 1.58. The molecule has 0 aliphatic carbocycles. The molecule has 3 aromatic rings. The molecule has 0 N–H and O–H groups in total. The summed E-state index contributed by atoms with van der Waals surface area (Å²) in [5, 5.41) is 2.18. The highest BCUT2D eigenvalue weighted by atomic mass is 32.1. The summed E-state index contributed by atoms with van der Waals surface area (Å²) in [5.41, 5.74) is 7.17. The van der Waals surface area contributed by atoms with Crippen LogP contribution in [-0.4, -0.2) is 42.8 Å². The summed E-state index contributed by atoms with van der Waals surface area (Å²) in [6.07, 6.45) is -0.221. The van der Waals surface area contributed by atoms with Gasteiger partial charge in [0.1, 0.15) is 5.60 Å². The third-order valence-electron chi connectivity index (χ3n) is 5.76. The van der Waals surface area contributed by atoms with Crippen molar-refractivity contribution in [2.45, 2.75) is 40.2 Å². The molecule has 1 aliphatic rings. The number of benzene rings is 2. The van der Waals surface area contributed by atoms with E-state index >= 15 is 0 Å². The number of carbonyl (C=O) groups is 1. The van der Waals surface area contributed by atoms with Crippen molar-refractivity contribution in [1.29, 1.82) is 0 Å². The van der Waals surface area contributed by atoms with Crippen LogP contribution in [0.5, 0.6) is 0 Å². The summed E-state index contributed by atoms with van der Waals surface area (Å²) < 4.78 is 5.56. The quantitative estimate of drug-likeness (QED) is 0.444. The summed E-state index contributed by atoms with van der Waals surface area (Å²) >= 11 is 1.79. The van der Waals surface area contributed by atoms with Gasteiger partial charge in [-0.25, -0.2) is 4.79 Å². The topological polar surface area (TPSA) is 32.8 Å². The van der Waals surface area contributed by atoms with Gasteiger partial charge in [-0.1, -0.05) is 42.0 Å². The van der Waals surface area contributed by atoms with Crippen LogP contribution < -0.4 is 4.90 Å². The van der Waals surface area contributed by atoms with E-state index in [-0.39, 0.29) is 6.09 Å². The molecule has 1 saturated heterocycles. The molecule has 0 bridgehead atoms. The highest BCUT2D eigenvalue weighted by Crippen LogP contribution is 2.42. The predicted molar refractivity (Wildman–Crippen MR) is 135 cm³/mol. The van der Waals surface area contributed by atoms with Crippen LogP contribution in [0.3, 0.4) is 0 Å². The van der Waals surface area contributed by atoms with Gasteiger partial charge in [0.2, 0.25) is 0 Å². The van der Waals surface area contributed by atoms with Gasteiger partial charge in [0.25, 0.3) is 0 Å². The fraction of sp³-hybridized carbons (Fsp3) is 0.370. The Morgan fingerprint density at radius 1 is 0.906 bits per heavy atom. The third kappa shape index (κ3) is 4.83. The fourth-order valence-corrected chi connectivity index (χ4v) is 5.19. The minimum Gasteiger partial charge on any atom is -0.444 e. The van der Waals surface area contributed by atoms with Crippen molar-refractivity contribution in [2.75, 3.05) is 31.1 Å². The van der Waals surface area contributed by atoms with Crippen LogP contribution in [0.4, 0.5) is 10.5 Å². The van der Waals surface area contributed by atoms with Crippen LogP contribution in [-0.2, 0) is 4.74 Å². The van der Waals surface area contributed by atoms with E-state index in [4.69, 9.17) is 4.74 Å². The number of rotatable bonds is 3. The second-order valence-electron chi connectivity index (χ2n) is 9.45. The minimum absolute atomic E-state index is 0.221. The molecule has 5 heteroatoms. The summed E-state index contributed by atoms with van der Waals surface area (Å²) in [4.78, 5) is 18.0. The number of hydrogen-bond acceptors (Lipinski definition) is 4. The van der Waals surface area contributed by atoms with Gasteiger partial charge in [0.15, 0.2) is 0 Å². The first-order valence-corrected chi connectivity index (χ1v) is 12.1. The van der Waals surface area contributed by atoms with E-state index in [1.165, 1.54) is 38.4 Å². The average Bonchev–Trinajstić information content (AvgIpc) is 3.22. The molecule has 1 amide bonds. The summed E-state index contributed by atoms with van der Waals surface area (Å²) in [6.45, 7) is 13.0. The Kier molecular flexibility index (Phi) is 6.29.